The number of nitrogens with two attached hydrogens (primary N) is 1. The SMILES string of the molecule is NN1C=C(C(F)(F)F)CO1. The van der Waals surface area contributed by atoms with Crippen molar-refractivity contribution in [2.45, 2.75) is 6.18 Å². The molecule has 1 aliphatic heterocycles. The van der Waals surface area contributed by atoms with E-state index in [1.165, 1.54) is 0 Å². The summed E-state index contributed by atoms with van der Waals surface area (Å²) in [5, 5.41) is 0.544. The second kappa shape index (κ2) is 2.14. The molecule has 0 aromatic heterocycles. The highest BCUT2D eigenvalue weighted by atomic mass is 19.4. The molecule has 0 fully saturated rings. The summed E-state index contributed by atoms with van der Waals surface area (Å²) >= 11 is 0. The topological polar surface area (TPSA) is 38.5 Å². The first-order valence-electron chi connectivity index (χ1n) is 2.45. The van der Waals surface area contributed by atoms with E-state index in [1.54, 1.807) is 0 Å². The van der Waals surface area contributed by atoms with Gasteiger partial charge in [0.25, 0.3) is 0 Å². The first-order valence-corrected chi connectivity index (χ1v) is 2.45. The van der Waals surface area contributed by atoms with Gasteiger partial charge in [-0.2, -0.15) is 18.3 Å². The third-order valence-corrected chi connectivity index (χ3v) is 1.02. The standard InChI is InChI=1S/C4H5F3N2O/c5-4(6,7)3-1-9(8)10-2-3/h1H,2,8H2. The first-order chi connectivity index (χ1) is 4.50. The van der Waals surface area contributed by atoms with Crippen molar-refractivity contribution in [1.29, 1.82) is 0 Å². The minimum atomic E-state index is -4.33. The molecule has 0 radical (unpaired) electrons. The third kappa shape index (κ3) is 1.39. The molecule has 2 N–H and O–H groups in total. The van der Waals surface area contributed by atoms with E-state index in [9.17, 15) is 13.2 Å². The molecule has 0 bridgehead atoms. The van der Waals surface area contributed by atoms with Crippen LogP contribution in [0.2, 0.25) is 0 Å². The molecule has 0 aliphatic carbocycles. The summed E-state index contributed by atoms with van der Waals surface area (Å²) < 4.78 is 35.1. The largest absolute Gasteiger partial charge is 0.416 e. The fourth-order valence-corrected chi connectivity index (χ4v) is 0.527. The van der Waals surface area contributed by atoms with Gasteiger partial charge in [0.1, 0.15) is 6.61 Å². The van der Waals surface area contributed by atoms with E-state index in [2.05, 4.69) is 4.84 Å². The zero-order valence-electron chi connectivity index (χ0n) is 4.85. The third-order valence-electron chi connectivity index (χ3n) is 1.02. The van der Waals surface area contributed by atoms with E-state index < -0.39 is 18.4 Å². The van der Waals surface area contributed by atoms with Crippen LogP contribution in [-0.4, -0.2) is 18.0 Å². The first kappa shape index (κ1) is 7.36. The molecule has 0 unspecified atom stereocenters. The molecule has 58 valence electrons. The highest BCUT2D eigenvalue weighted by Gasteiger charge is 2.36. The Balaban J connectivity index is 2.67. The lowest BCUT2D eigenvalue weighted by molar-refractivity contribution is -0.116. The second-order valence-electron chi connectivity index (χ2n) is 1.79. The van der Waals surface area contributed by atoms with Gasteiger partial charge >= 0.3 is 6.18 Å². The molecule has 10 heavy (non-hydrogen) atoms. The van der Waals surface area contributed by atoms with Crippen LogP contribution in [0.25, 0.3) is 0 Å². The quantitative estimate of drug-likeness (QED) is 0.518. The van der Waals surface area contributed by atoms with Gasteiger partial charge in [0.05, 0.1) is 11.8 Å². The van der Waals surface area contributed by atoms with Crippen LogP contribution in [-0.2, 0) is 4.84 Å². The van der Waals surface area contributed by atoms with Gasteiger partial charge in [0.2, 0.25) is 0 Å². The Bertz CT molecular complexity index is 164. The predicted molar refractivity (Wildman–Crippen MR) is 26.1 cm³/mol. The lowest BCUT2D eigenvalue weighted by Gasteiger charge is -2.02. The van der Waals surface area contributed by atoms with Gasteiger partial charge in [-0.3, -0.25) is 4.84 Å². The molecule has 0 amide bonds. The fourth-order valence-electron chi connectivity index (χ4n) is 0.527. The fraction of sp³-hybridized carbons (Fsp3) is 0.500. The Morgan fingerprint density at radius 1 is 1.60 bits per heavy atom. The predicted octanol–water partition coefficient (Wildman–Crippen LogP) is 0.554. The van der Waals surface area contributed by atoms with Crippen molar-refractivity contribution in [3.8, 4) is 0 Å². The van der Waals surface area contributed by atoms with Crippen molar-refractivity contribution in [2.75, 3.05) is 6.61 Å². The summed E-state index contributed by atoms with van der Waals surface area (Å²) in [6, 6.07) is 0. The minimum Gasteiger partial charge on any atom is -0.254 e. The molecule has 0 spiro atoms. The van der Waals surface area contributed by atoms with E-state index in [0.29, 0.717) is 11.4 Å². The van der Waals surface area contributed by atoms with Gasteiger partial charge in [-0.05, 0) is 0 Å². The van der Waals surface area contributed by atoms with Crippen LogP contribution in [0.1, 0.15) is 0 Å². The number of hydrogen-bond acceptors (Lipinski definition) is 3. The average Bonchev–Trinajstić information content (AvgIpc) is 2.11. The van der Waals surface area contributed by atoms with Crippen molar-refractivity contribution >= 4 is 0 Å². The van der Waals surface area contributed by atoms with Crippen LogP contribution in [0, 0.1) is 0 Å². The molecule has 0 saturated heterocycles. The Labute approximate surface area is 54.8 Å². The number of rotatable bonds is 0. The van der Waals surface area contributed by atoms with E-state index in [-0.39, 0.29) is 0 Å². The van der Waals surface area contributed by atoms with E-state index in [4.69, 9.17) is 5.84 Å². The van der Waals surface area contributed by atoms with E-state index >= 15 is 0 Å². The number of alkyl halides is 3. The van der Waals surface area contributed by atoms with Crippen LogP contribution in [0.15, 0.2) is 11.8 Å². The molecule has 1 rings (SSSR count). The normalized spacial score (nSPS) is 19.6. The van der Waals surface area contributed by atoms with Gasteiger partial charge < -0.3 is 0 Å². The molecule has 1 heterocycles. The van der Waals surface area contributed by atoms with Gasteiger partial charge in [-0.25, -0.2) is 5.84 Å². The molecule has 0 atom stereocenters. The number of hydrogen-bond donors (Lipinski definition) is 1. The van der Waals surface area contributed by atoms with Crippen molar-refractivity contribution in [1.82, 2.24) is 5.17 Å². The summed E-state index contributed by atoms with van der Waals surface area (Å²) in [6.45, 7) is -0.500. The molecule has 1 aliphatic rings. The monoisotopic (exact) mass is 154 g/mol. The molecule has 0 saturated carbocycles. The van der Waals surface area contributed by atoms with Crippen LogP contribution in [0.4, 0.5) is 13.2 Å². The van der Waals surface area contributed by atoms with Gasteiger partial charge in [-0.15, -0.1) is 0 Å². The lowest BCUT2D eigenvalue weighted by Crippen LogP contribution is -2.20. The highest BCUT2D eigenvalue weighted by molar-refractivity contribution is 5.10. The zero-order valence-corrected chi connectivity index (χ0v) is 4.85. The van der Waals surface area contributed by atoms with Crippen molar-refractivity contribution in [3.63, 3.8) is 0 Å². The van der Waals surface area contributed by atoms with Crippen molar-refractivity contribution < 1.29 is 18.0 Å². The molecule has 3 nitrogen and oxygen atoms in total. The van der Waals surface area contributed by atoms with Crippen LogP contribution >= 0.6 is 0 Å². The van der Waals surface area contributed by atoms with E-state index in [0.717, 1.165) is 0 Å². The van der Waals surface area contributed by atoms with Gasteiger partial charge in [0.15, 0.2) is 0 Å². The van der Waals surface area contributed by atoms with E-state index in [1.807, 2.05) is 0 Å². The van der Waals surface area contributed by atoms with Crippen LogP contribution in [0.5, 0.6) is 0 Å². The summed E-state index contributed by atoms with van der Waals surface area (Å²) in [6.07, 6.45) is -3.62. The Kier molecular flexibility index (Phi) is 1.57. The molecule has 0 aromatic rings. The number of hydrazine groups is 1. The summed E-state index contributed by atoms with van der Waals surface area (Å²) in [5.41, 5.74) is -0.769. The van der Waals surface area contributed by atoms with Gasteiger partial charge in [0, 0.05) is 0 Å². The average molecular weight is 154 g/mol. The maximum absolute atomic E-state index is 11.7. The molecule has 6 heteroatoms. The highest BCUT2D eigenvalue weighted by Crippen LogP contribution is 2.28. The maximum atomic E-state index is 11.7. The smallest absolute Gasteiger partial charge is 0.254 e. The number of halogens is 3. The van der Waals surface area contributed by atoms with Crippen molar-refractivity contribution in [3.05, 3.63) is 11.8 Å². The van der Waals surface area contributed by atoms with Crippen molar-refractivity contribution in [2.24, 2.45) is 5.84 Å². The summed E-state index contributed by atoms with van der Waals surface area (Å²) in [7, 11) is 0. The van der Waals surface area contributed by atoms with Crippen LogP contribution in [0.3, 0.4) is 0 Å². The maximum Gasteiger partial charge on any atom is 0.416 e. The molecule has 0 aromatic carbocycles. The summed E-state index contributed by atoms with van der Waals surface area (Å²) in [4.78, 5) is 4.29. The molecular weight excluding hydrogens is 149 g/mol. The number of hydroxylamine groups is 1. The minimum absolute atomic E-state index is 0.500. The Morgan fingerprint density at radius 3 is 2.40 bits per heavy atom. The second-order valence-corrected chi connectivity index (χ2v) is 1.79. The van der Waals surface area contributed by atoms with Crippen LogP contribution < -0.4 is 5.84 Å². The zero-order chi connectivity index (χ0) is 7.78. The Hall–Kier alpha value is -0.750. The Morgan fingerprint density at radius 2 is 2.20 bits per heavy atom. The number of nitrogens with zero attached hydrogens (tertiary/aromatic N) is 1. The van der Waals surface area contributed by atoms with Gasteiger partial charge in [-0.1, -0.05) is 0 Å². The molecular formula is C4H5F3N2O. The lowest BCUT2D eigenvalue weighted by atomic mass is 10.3. The summed E-state index contributed by atoms with van der Waals surface area (Å²) in [5.74, 6) is 4.86.